The van der Waals surface area contributed by atoms with E-state index in [4.69, 9.17) is 13.6 Å². The van der Waals surface area contributed by atoms with Gasteiger partial charge in [-0.25, -0.2) is 4.79 Å². The SMILES string of the molecule is O=C(Nc1ccc(C(=O)OCc2nnc(-c3cccs3)o2)s1)c1ccco1. The van der Waals surface area contributed by atoms with Gasteiger partial charge in [-0.1, -0.05) is 6.07 Å². The molecule has 4 rings (SSSR count). The van der Waals surface area contributed by atoms with E-state index in [0.29, 0.717) is 15.8 Å². The molecule has 0 aliphatic carbocycles. The molecule has 0 bridgehead atoms. The summed E-state index contributed by atoms with van der Waals surface area (Å²) in [5, 5.41) is 12.8. The predicted octanol–water partition coefficient (Wildman–Crippen LogP) is 4.06. The van der Waals surface area contributed by atoms with Gasteiger partial charge in [-0.3, -0.25) is 4.79 Å². The number of aromatic nitrogens is 2. The Bertz CT molecular complexity index is 1050. The van der Waals surface area contributed by atoms with Gasteiger partial charge >= 0.3 is 5.97 Å². The van der Waals surface area contributed by atoms with Gasteiger partial charge in [0.1, 0.15) is 4.88 Å². The number of hydrogen-bond donors (Lipinski definition) is 1. The van der Waals surface area contributed by atoms with Gasteiger partial charge in [0.15, 0.2) is 12.4 Å². The molecule has 4 aromatic heterocycles. The second kappa shape index (κ2) is 7.56. The number of hydrogen-bond acceptors (Lipinski definition) is 9. The summed E-state index contributed by atoms with van der Waals surface area (Å²) in [7, 11) is 0. The third-order valence-electron chi connectivity index (χ3n) is 3.31. The van der Waals surface area contributed by atoms with E-state index in [1.54, 1.807) is 24.3 Å². The van der Waals surface area contributed by atoms with E-state index in [0.717, 1.165) is 16.2 Å². The molecule has 0 saturated heterocycles. The molecule has 0 fully saturated rings. The number of furan rings is 1. The highest BCUT2D eigenvalue weighted by molar-refractivity contribution is 7.18. The van der Waals surface area contributed by atoms with Crippen molar-refractivity contribution in [3.63, 3.8) is 0 Å². The largest absolute Gasteiger partial charge is 0.459 e. The summed E-state index contributed by atoms with van der Waals surface area (Å²) in [6.07, 6.45) is 1.41. The van der Waals surface area contributed by atoms with Crippen LogP contribution in [0, 0.1) is 0 Å². The summed E-state index contributed by atoms with van der Waals surface area (Å²) >= 11 is 2.57. The van der Waals surface area contributed by atoms with Crippen LogP contribution in [0.25, 0.3) is 10.8 Å². The smallest absolute Gasteiger partial charge is 0.348 e. The van der Waals surface area contributed by atoms with Crippen LogP contribution in [0.4, 0.5) is 5.00 Å². The average Bonchev–Trinajstić information content (AvgIpc) is 3.47. The van der Waals surface area contributed by atoms with E-state index in [1.807, 2.05) is 17.5 Å². The second-order valence-corrected chi connectivity index (χ2v) is 7.18. The molecule has 4 heterocycles. The molecule has 0 radical (unpaired) electrons. The molecule has 10 heteroatoms. The Hall–Kier alpha value is -3.24. The minimum absolute atomic E-state index is 0.136. The van der Waals surface area contributed by atoms with Gasteiger partial charge in [-0.15, -0.1) is 32.9 Å². The highest BCUT2D eigenvalue weighted by Crippen LogP contribution is 2.25. The quantitative estimate of drug-likeness (QED) is 0.485. The molecule has 0 aliphatic heterocycles. The Labute approximate surface area is 160 Å². The highest BCUT2D eigenvalue weighted by Gasteiger charge is 2.16. The second-order valence-electron chi connectivity index (χ2n) is 5.15. The molecule has 0 spiro atoms. The number of carbonyl (C=O) groups excluding carboxylic acids is 2. The lowest BCUT2D eigenvalue weighted by molar-refractivity contribution is 0.0444. The molecule has 8 nitrogen and oxygen atoms in total. The molecule has 1 N–H and O–H groups in total. The molecule has 0 atom stereocenters. The van der Waals surface area contributed by atoms with E-state index in [-0.39, 0.29) is 18.3 Å². The first-order valence-electron chi connectivity index (χ1n) is 7.67. The maximum Gasteiger partial charge on any atom is 0.348 e. The van der Waals surface area contributed by atoms with Crippen LogP contribution in [-0.2, 0) is 11.3 Å². The summed E-state index contributed by atoms with van der Waals surface area (Å²) in [5.74, 6) is -0.168. The molecule has 0 aromatic carbocycles. The molecular formula is C17H11N3O5S2. The first-order chi connectivity index (χ1) is 13.2. The van der Waals surface area contributed by atoms with Gasteiger partial charge in [0, 0.05) is 0 Å². The molecule has 1 amide bonds. The van der Waals surface area contributed by atoms with Gasteiger partial charge in [-0.05, 0) is 35.7 Å². The van der Waals surface area contributed by atoms with Crippen LogP contribution in [0.15, 0.2) is 56.9 Å². The fourth-order valence-electron chi connectivity index (χ4n) is 2.11. The topological polar surface area (TPSA) is 107 Å². The van der Waals surface area contributed by atoms with E-state index >= 15 is 0 Å². The van der Waals surface area contributed by atoms with Gasteiger partial charge in [0.05, 0.1) is 16.1 Å². The van der Waals surface area contributed by atoms with Crippen molar-refractivity contribution in [1.29, 1.82) is 0 Å². The Balaban J connectivity index is 1.34. The van der Waals surface area contributed by atoms with Crippen molar-refractivity contribution in [3.8, 4) is 10.8 Å². The van der Waals surface area contributed by atoms with E-state index in [9.17, 15) is 9.59 Å². The van der Waals surface area contributed by atoms with Crippen molar-refractivity contribution in [1.82, 2.24) is 10.2 Å². The van der Waals surface area contributed by atoms with Crippen molar-refractivity contribution in [2.45, 2.75) is 6.61 Å². The Morgan fingerprint density at radius 2 is 2.07 bits per heavy atom. The van der Waals surface area contributed by atoms with Crippen LogP contribution in [0.3, 0.4) is 0 Å². The zero-order valence-corrected chi connectivity index (χ0v) is 15.2. The van der Waals surface area contributed by atoms with Crippen LogP contribution >= 0.6 is 22.7 Å². The lowest BCUT2D eigenvalue weighted by Crippen LogP contribution is -2.09. The summed E-state index contributed by atoms with van der Waals surface area (Å²) in [6, 6.07) is 10.1. The van der Waals surface area contributed by atoms with Crippen LogP contribution in [0.5, 0.6) is 0 Å². The molecule has 136 valence electrons. The summed E-state index contributed by atoms with van der Waals surface area (Å²) in [4.78, 5) is 25.3. The molecule has 27 heavy (non-hydrogen) atoms. The van der Waals surface area contributed by atoms with Crippen molar-refractivity contribution >= 4 is 39.6 Å². The lowest BCUT2D eigenvalue weighted by Gasteiger charge is -2.00. The van der Waals surface area contributed by atoms with Crippen molar-refractivity contribution in [2.75, 3.05) is 5.32 Å². The number of nitrogens with one attached hydrogen (secondary N) is 1. The Kier molecular flexibility index (Phi) is 4.81. The van der Waals surface area contributed by atoms with Crippen LogP contribution < -0.4 is 5.32 Å². The number of anilines is 1. The third kappa shape index (κ3) is 3.96. The van der Waals surface area contributed by atoms with E-state index in [2.05, 4.69) is 15.5 Å². The summed E-state index contributed by atoms with van der Waals surface area (Å²) in [5.41, 5.74) is 0. The monoisotopic (exact) mass is 401 g/mol. The fraction of sp³-hybridized carbons (Fsp3) is 0.0588. The van der Waals surface area contributed by atoms with Crippen molar-refractivity contribution < 1.29 is 23.2 Å². The fourth-order valence-corrected chi connectivity index (χ4v) is 3.55. The number of nitrogens with zero attached hydrogens (tertiary/aromatic N) is 2. The highest BCUT2D eigenvalue weighted by atomic mass is 32.1. The van der Waals surface area contributed by atoms with Crippen molar-refractivity contribution in [3.05, 3.63) is 64.6 Å². The standard InChI is InChI=1S/C17H11N3O5S2/c21-15(10-3-1-7-23-10)18-14-6-5-12(27-14)17(22)24-9-13-19-20-16(25-13)11-4-2-8-26-11/h1-8H,9H2,(H,18,21). The Morgan fingerprint density at radius 3 is 2.85 bits per heavy atom. The first kappa shape index (κ1) is 17.2. The predicted molar refractivity (Wildman–Crippen MR) is 97.7 cm³/mol. The van der Waals surface area contributed by atoms with Gasteiger partial charge < -0.3 is 18.9 Å². The molecule has 0 aliphatic rings. The zero-order valence-electron chi connectivity index (χ0n) is 13.6. The zero-order chi connectivity index (χ0) is 18.6. The maximum absolute atomic E-state index is 12.2. The normalized spacial score (nSPS) is 10.7. The number of esters is 1. The Morgan fingerprint density at radius 1 is 1.15 bits per heavy atom. The maximum atomic E-state index is 12.2. The number of carbonyl (C=O) groups is 2. The molecule has 0 unspecified atom stereocenters. The number of amides is 1. The van der Waals surface area contributed by atoms with E-state index < -0.39 is 11.9 Å². The van der Waals surface area contributed by atoms with Crippen LogP contribution in [0.2, 0.25) is 0 Å². The van der Waals surface area contributed by atoms with Gasteiger partial charge in [0.2, 0.25) is 0 Å². The first-order valence-corrected chi connectivity index (χ1v) is 9.37. The molecule has 0 saturated carbocycles. The summed E-state index contributed by atoms with van der Waals surface area (Å²) < 4.78 is 15.7. The minimum atomic E-state index is -0.547. The van der Waals surface area contributed by atoms with Crippen molar-refractivity contribution in [2.24, 2.45) is 0 Å². The molecular weight excluding hydrogens is 390 g/mol. The lowest BCUT2D eigenvalue weighted by atomic mass is 10.4. The van der Waals surface area contributed by atoms with Crippen LogP contribution in [-0.4, -0.2) is 22.1 Å². The van der Waals surface area contributed by atoms with Gasteiger partial charge in [0.25, 0.3) is 17.7 Å². The number of rotatable bonds is 6. The third-order valence-corrected chi connectivity index (χ3v) is 5.15. The molecule has 4 aromatic rings. The average molecular weight is 401 g/mol. The number of ether oxygens (including phenoxy) is 1. The number of thiophene rings is 2. The minimum Gasteiger partial charge on any atom is -0.459 e. The summed E-state index contributed by atoms with van der Waals surface area (Å²) in [6.45, 7) is -0.136. The van der Waals surface area contributed by atoms with Gasteiger partial charge in [-0.2, -0.15) is 0 Å². The van der Waals surface area contributed by atoms with Crippen LogP contribution in [0.1, 0.15) is 26.1 Å². The van der Waals surface area contributed by atoms with E-state index in [1.165, 1.54) is 17.6 Å².